The summed E-state index contributed by atoms with van der Waals surface area (Å²) in [4.78, 5) is 19.5. The molecule has 3 aromatic heterocycles. The monoisotopic (exact) mass is 360 g/mol. The average Bonchev–Trinajstić information content (AvgIpc) is 3.34. The van der Waals surface area contributed by atoms with Crippen molar-refractivity contribution in [3.63, 3.8) is 0 Å². The molecule has 0 radical (unpaired) electrons. The Morgan fingerprint density at radius 2 is 2.07 bits per heavy atom. The number of rotatable bonds is 3. The van der Waals surface area contributed by atoms with Gasteiger partial charge in [-0.15, -0.1) is 0 Å². The maximum atomic E-state index is 5.21. The van der Waals surface area contributed by atoms with Crippen LogP contribution in [-0.2, 0) is 0 Å². The van der Waals surface area contributed by atoms with E-state index in [-0.39, 0.29) is 0 Å². The normalized spacial score (nSPS) is 17.5. The van der Waals surface area contributed by atoms with Crippen LogP contribution in [-0.4, -0.2) is 38.2 Å². The molecule has 5 rings (SSSR count). The molecule has 1 unspecified atom stereocenters. The highest BCUT2D eigenvalue weighted by Gasteiger charge is 2.24. The molecule has 1 saturated heterocycles. The molecule has 1 aliphatic heterocycles. The Labute approximate surface area is 156 Å². The molecule has 27 heavy (non-hydrogen) atoms. The summed E-state index contributed by atoms with van der Waals surface area (Å²) in [5.74, 6) is 3.55. The van der Waals surface area contributed by atoms with E-state index in [2.05, 4.69) is 37.1 Å². The second-order valence-corrected chi connectivity index (χ2v) is 6.98. The molecule has 0 bridgehead atoms. The van der Waals surface area contributed by atoms with Gasteiger partial charge in [0.1, 0.15) is 11.6 Å². The number of aryl methyl sites for hydroxylation is 1. The molecule has 4 heterocycles. The van der Waals surface area contributed by atoms with Crippen LogP contribution in [0.3, 0.4) is 0 Å². The summed E-state index contributed by atoms with van der Waals surface area (Å²) in [6.45, 7) is 3.72. The minimum absolute atomic E-state index is 0.381. The first-order valence-electron chi connectivity index (χ1n) is 9.22. The summed E-state index contributed by atoms with van der Waals surface area (Å²) in [6.07, 6.45) is 4.05. The molecule has 1 atom stereocenters. The van der Waals surface area contributed by atoms with E-state index in [1.54, 1.807) is 13.1 Å². The molecule has 136 valence electrons. The third kappa shape index (κ3) is 3.05. The van der Waals surface area contributed by atoms with Crippen molar-refractivity contribution in [2.75, 3.05) is 18.0 Å². The summed E-state index contributed by atoms with van der Waals surface area (Å²) in [7, 11) is 0. The number of H-pyrrole nitrogens is 1. The van der Waals surface area contributed by atoms with E-state index < -0.39 is 0 Å². The highest BCUT2D eigenvalue weighted by atomic mass is 16.5. The number of fused-ring (bicyclic) bond motifs is 1. The summed E-state index contributed by atoms with van der Waals surface area (Å²) >= 11 is 0. The average molecular weight is 360 g/mol. The number of nitrogens with zero attached hydrogens (tertiary/aromatic N) is 5. The largest absolute Gasteiger partial charge is 0.356 e. The lowest BCUT2D eigenvalue weighted by atomic mass is 9.97. The van der Waals surface area contributed by atoms with Crippen LogP contribution in [0.1, 0.15) is 30.4 Å². The summed E-state index contributed by atoms with van der Waals surface area (Å²) in [5.41, 5.74) is 2.97. The smallest absolute Gasteiger partial charge is 0.259 e. The van der Waals surface area contributed by atoms with E-state index in [0.717, 1.165) is 54.2 Å². The maximum Gasteiger partial charge on any atom is 0.259 e. The number of piperidine rings is 1. The third-order valence-electron chi connectivity index (χ3n) is 5.06. The first-order valence-corrected chi connectivity index (χ1v) is 9.22. The SMILES string of the molecule is Cc1noc(-c2ccc(N3CCCC(c4nc5ccccc5[nH]4)C3)nc2)n1. The van der Waals surface area contributed by atoms with Gasteiger partial charge in [-0.1, -0.05) is 17.3 Å². The Hall–Kier alpha value is -3.22. The first-order chi connectivity index (χ1) is 13.3. The van der Waals surface area contributed by atoms with Crippen LogP contribution in [0, 0.1) is 6.92 Å². The van der Waals surface area contributed by atoms with Gasteiger partial charge in [0.15, 0.2) is 5.82 Å². The fraction of sp³-hybridized carbons (Fsp3) is 0.300. The van der Waals surface area contributed by atoms with Crippen LogP contribution in [0.5, 0.6) is 0 Å². The van der Waals surface area contributed by atoms with Gasteiger partial charge in [0.2, 0.25) is 0 Å². The van der Waals surface area contributed by atoms with Crippen LogP contribution in [0.15, 0.2) is 47.1 Å². The van der Waals surface area contributed by atoms with E-state index >= 15 is 0 Å². The van der Waals surface area contributed by atoms with Crippen molar-refractivity contribution in [1.29, 1.82) is 0 Å². The number of aromatic nitrogens is 5. The first kappa shape index (κ1) is 16.0. The maximum absolute atomic E-state index is 5.21. The van der Waals surface area contributed by atoms with Crippen molar-refractivity contribution >= 4 is 16.9 Å². The minimum Gasteiger partial charge on any atom is -0.356 e. The number of pyridine rings is 1. The Morgan fingerprint density at radius 3 is 2.85 bits per heavy atom. The van der Waals surface area contributed by atoms with Gasteiger partial charge < -0.3 is 14.4 Å². The number of nitrogens with one attached hydrogen (secondary N) is 1. The predicted molar refractivity (Wildman–Crippen MR) is 103 cm³/mol. The Kier molecular flexibility index (Phi) is 3.85. The lowest BCUT2D eigenvalue weighted by Crippen LogP contribution is -2.35. The lowest BCUT2D eigenvalue weighted by Gasteiger charge is -2.32. The van der Waals surface area contributed by atoms with Crippen molar-refractivity contribution in [2.45, 2.75) is 25.7 Å². The zero-order valence-corrected chi connectivity index (χ0v) is 15.1. The number of aromatic amines is 1. The van der Waals surface area contributed by atoms with Gasteiger partial charge in [0.25, 0.3) is 5.89 Å². The number of anilines is 1. The molecule has 1 N–H and O–H groups in total. The van der Waals surface area contributed by atoms with Crippen LogP contribution in [0.25, 0.3) is 22.5 Å². The van der Waals surface area contributed by atoms with Crippen molar-refractivity contribution in [1.82, 2.24) is 25.1 Å². The van der Waals surface area contributed by atoms with Gasteiger partial charge in [-0.2, -0.15) is 4.98 Å². The van der Waals surface area contributed by atoms with Crippen molar-refractivity contribution < 1.29 is 4.52 Å². The third-order valence-corrected chi connectivity index (χ3v) is 5.06. The zero-order chi connectivity index (χ0) is 18.2. The minimum atomic E-state index is 0.381. The Bertz CT molecular complexity index is 1030. The highest BCUT2D eigenvalue weighted by molar-refractivity contribution is 5.74. The fourth-order valence-corrected chi connectivity index (χ4v) is 3.69. The number of imidazole rings is 1. The topological polar surface area (TPSA) is 83.7 Å². The van der Waals surface area contributed by atoms with Gasteiger partial charge in [-0.3, -0.25) is 0 Å². The summed E-state index contributed by atoms with van der Waals surface area (Å²) < 4.78 is 5.21. The van der Waals surface area contributed by atoms with Gasteiger partial charge in [-0.05, 0) is 44.0 Å². The van der Waals surface area contributed by atoms with E-state index in [1.165, 1.54) is 0 Å². The summed E-state index contributed by atoms with van der Waals surface area (Å²) in [5, 5.41) is 3.83. The molecule has 0 spiro atoms. The Balaban J connectivity index is 1.36. The van der Waals surface area contributed by atoms with Crippen LogP contribution >= 0.6 is 0 Å². The van der Waals surface area contributed by atoms with E-state index in [9.17, 15) is 0 Å². The van der Waals surface area contributed by atoms with Gasteiger partial charge in [0.05, 0.1) is 16.6 Å². The van der Waals surface area contributed by atoms with Crippen LogP contribution < -0.4 is 4.90 Å². The standard InChI is InChI=1S/C20H20N6O/c1-13-22-20(27-25-13)14-8-9-18(21-11-14)26-10-4-5-15(12-26)19-23-16-6-2-3-7-17(16)24-19/h2-3,6-9,11,15H,4-5,10,12H2,1H3,(H,23,24). The van der Waals surface area contributed by atoms with E-state index in [0.29, 0.717) is 17.6 Å². The second kappa shape index (κ2) is 6.50. The molecular formula is C20H20N6O. The van der Waals surface area contributed by atoms with Gasteiger partial charge >= 0.3 is 0 Å². The molecule has 7 heteroatoms. The number of benzene rings is 1. The molecule has 4 aromatic rings. The number of hydrogen-bond donors (Lipinski definition) is 1. The number of hydrogen-bond acceptors (Lipinski definition) is 6. The molecule has 1 aliphatic rings. The predicted octanol–water partition coefficient (Wildman–Crippen LogP) is 3.70. The Morgan fingerprint density at radius 1 is 1.15 bits per heavy atom. The zero-order valence-electron chi connectivity index (χ0n) is 15.1. The van der Waals surface area contributed by atoms with Crippen molar-refractivity contribution in [3.05, 3.63) is 54.2 Å². The summed E-state index contributed by atoms with van der Waals surface area (Å²) in [6, 6.07) is 12.2. The quantitative estimate of drug-likeness (QED) is 0.600. The molecule has 0 saturated carbocycles. The molecule has 0 amide bonds. The van der Waals surface area contributed by atoms with E-state index in [4.69, 9.17) is 9.51 Å². The van der Waals surface area contributed by atoms with Crippen LogP contribution in [0.2, 0.25) is 0 Å². The van der Waals surface area contributed by atoms with Gasteiger partial charge in [-0.25, -0.2) is 9.97 Å². The molecule has 0 aliphatic carbocycles. The van der Waals surface area contributed by atoms with Gasteiger partial charge in [0, 0.05) is 25.2 Å². The molecule has 7 nitrogen and oxygen atoms in total. The molecule has 1 aromatic carbocycles. The highest BCUT2D eigenvalue weighted by Crippen LogP contribution is 2.29. The van der Waals surface area contributed by atoms with Crippen molar-refractivity contribution in [2.24, 2.45) is 0 Å². The molecular weight excluding hydrogens is 340 g/mol. The fourth-order valence-electron chi connectivity index (χ4n) is 3.69. The van der Waals surface area contributed by atoms with Crippen LogP contribution in [0.4, 0.5) is 5.82 Å². The second-order valence-electron chi connectivity index (χ2n) is 6.98. The van der Waals surface area contributed by atoms with E-state index in [1.807, 2.05) is 24.3 Å². The number of para-hydroxylation sites is 2. The molecule has 1 fully saturated rings. The van der Waals surface area contributed by atoms with Crippen molar-refractivity contribution in [3.8, 4) is 11.5 Å². The lowest BCUT2D eigenvalue weighted by molar-refractivity contribution is 0.425.